The Morgan fingerprint density at radius 1 is 1.00 bits per heavy atom. The number of hydrogen-bond acceptors (Lipinski definition) is 5. The molecule has 0 bridgehead atoms. The van der Waals surface area contributed by atoms with Gasteiger partial charge in [0, 0.05) is 32.5 Å². The fourth-order valence-electron chi connectivity index (χ4n) is 3.86. The summed E-state index contributed by atoms with van der Waals surface area (Å²) in [6.45, 7) is 4.66. The zero-order chi connectivity index (χ0) is 15.9. The number of likely N-dealkylation sites (tertiary alicyclic amines) is 1. The van der Waals surface area contributed by atoms with E-state index in [0.717, 1.165) is 30.4 Å². The van der Waals surface area contributed by atoms with Gasteiger partial charge < -0.3 is 14.4 Å². The van der Waals surface area contributed by atoms with E-state index in [9.17, 15) is 0 Å². The molecule has 0 amide bonds. The van der Waals surface area contributed by atoms with E-state index in [-0.39, 0.29) is 0 Å². The molecule has 2 aliphatic heterocycles. The molecule has 0 saturated carbocycles. The lowest BCUT2D eigenvalue weighted by molar-refractivity contribution is 0.142. The third-order valence-corrected chi connectivity index (χ3v) is 5.51. The molecule has 0 radical (unpaired) electrons. The normalized spacial score (nSPS) is 21.2. The van der Waals surface area contributed by atoms with Gasteiger partial charge in [-0.15, -0.1) is 10.2 Å². The molecule has 0 atom stereocenters. The van der Waals surface area contributed by atoms with Crippen LogP contribution in [-0.4, -0.2) is 57.9 Å². The molecule has 0 N–H and O–H groups in total. The summed E-state index contributed by atoms with van der Waals surface area (Å²) in [4.78, 5) is 9.17. The number of anilines is 1. The van der Waals surface area contributed by atoms with Gasteiger partial charge in [0.1, 0.15) is 5.69 Å². The molecule has 0 aromatic carbocycles. The highest BCUT2D eigenvalue weighted by atomic mass is 15.3. The molecule has 6 heteroatoms. The van der Waals surface area contributed by atoms with Gasteiger partial charge in [0.15, 0.2) is 11.6 Å². The van der Waals surface area contributed by atoms with Crippen molar-refractivity contribution in [2.75, 3.05) is 38.1 Å². The monoisotopic (exact) mass is 312 g/mol. The van der Waals surface area contributed by atoms with Crippen molar-refractivity contribution in [3.63, 3.8) is 0 Å². The van der Waals surface area contributed by atoms with E-state index in [1.165, 1.54) is 32.4 Å². The molecule has 1 spiro atoms. The zero-order valence-corrected chi connectivity index (χ0v) is 13.9. The van der Waals surface area contributed by atoms with Crippen LogP contribution in [0.25, 0.3) is 11.5 Å². The number of aryl methyl sites for hydroxylation is 1. The molecule has 2 saturated heterocycles. The molecule has 6 nitrogen and oxygen atoms in total. The molecule has 122 valence electrons. The van der Waals surface area contributed by atoms with E-state index < -0.39 is 0 Å². The third kappa shape index (κ3) is 2.72. The van der Waals surface area contributed by atoms with Gasteiger partial charge in [0.2, 0.25) is 0 Å². The Morgan fingerprint density at radius 2 is 1.78 bits per heavy atom. The van der Waals surface area contributed by atoms with Crippen LogP contribution in [0.2, 0.25) is 0 Å². The lowest BCUT2D eigenvalue weighted by Gasteiger charge is -2.37. The molecule has 0 aliphatic carbocycles. The summed E-state index contributed by atoms with van der Waals surface area (Å²) < 4.78 is 1.97. The minimum Gasteiger partial charge on any atom is -0.355 e. The molecule has 0 unspecified atom stereocenters. The highest BCUT2D eigenvalue weighted by Gasteiger charge is 2.40. The standard InChI is InChI=1S/C17H24N6/c1-21-9-5-17(6-10-21)7-11-23(13-17)15-4-3-14(19-20-15)16-18-8-12-22(16)2/h3-4,8,12H,5-7,9-11,13H2,1-2H3. The molecule has 2 aromatic heterocycles. The molecule has 2 aliphatic rings. The van der Waals surface area contributed by atoms with Crippen LogP contribution in [0.4, 0.5) is 5.82 Å². The smallest absolute Gasteiger partial charge is 0.160 e. The number of imidazole rings is 1. The first kappa shape index (κ1) is 14.6. The lowest BCUT2D eigenvalue weighted by atomic mass is 9.78. The van der Waals surface area contributed by atoms with Gasteiger partial charge in [-0.05, 0) is 56.9 Å². The highest BCUT2D eigenvalue weighted by molar-refractivity contribution is 5.52. The van der Waals surface area contributed by atoms with Gasteiger partial charge in [-0.1, -0.05) is 0 Å². The summed E-state index contributed by atoms with van der Waals surface area (Å²) in [6, 6.07) is 4.12. The van der Waals surface area contributed by atoms with E-state index in [0.29, 0.717) is 5.41 Å². The number of rotatable bonds is 2. The van der Waals surface area contributed by atoms with Crippen molar-refractivity contribution in [2.24, 2.45) is 12.5 Å². The molecule has 4 rings (SSSR count). The fraction of sp³-hybridized carbons (Fsp3) is 0.588. The maximum Gasteiger partial charge on any atom is 0.160 e. The van der Waals surface area contributed by atoms with Crippen molar-refractivity contribution in [1.29, 1.82) is 0 Å². The van der Waals surface area contributed by atoms with Gasteiger partial charge in [0.25, 0.3) is 0 Å². The largest absolute Gasteiger partial charge is 0.355 e. The minimum atomic E-state index is 0.493. The second-order valence-corrected chi connectivity index (χ2v) is 7.11. The summed E-state index contributed by atoms with van der Waals surface area (Å²) in [5.74, 6) is 1.86. The van der Waals surface area contributed by atoms with Gasteiger partial charge >= 0.3 is 0 Å². The Morgan fingerprint density at radius 3 is 2.43 bits per heavy atom. The maximum atomic E-state index is 4.46. The second-order valence-electron chi connectivity index (χ2n) is 7.11. The first-order valence-corrected chi connectivity index (χ1v) is 8.40. The molecular formula is C17H24N6. The molecule has 4 heterocycles. The quantitative estimate of drug-likeness (QED) is 0.846. The lowest BCUT2D eigenvalue weighted by Crippen LogP contribution is -2.39. The van der Waals surface area contributed by atoms with Gasteiger partial charge in [-0.2, -0.15) is 0 Å². The molecule has 2 aromatic rings. The molecular weight excluding hydrogens is 288 g/mol. The van der Waals surface area contributed by atoms with Crippen molar-refractivity contribution in [3.8, 4) is 11.5 Å². The summed E-state index contributed by atoms with van der Waals surface area (Å²) >= 11 is 0. The molecule has 2 fully saturated rings. The van der Waals surface area contributed by atoms with Crippen molar-refractivity contribution in [2.45, 2.75) is 19.3 Å². The van der Waals surface area contributed by atoms with Crippen LogP contribution < -0.4 is 4.90 Å². The topological polar surface area (TPSA) is 50.1 Å². The summed E-state index contributed by atoms with van der Waals surface area (Å²) in [5, 5.41) is 8.85. The Hall–Kier alpha value is -1.95. The van der Waals surface area contributed by atoms with Crippen molar-refractivity contribution < 1.29 is 0 Å². The SMILES string of the molecule is CN1CCC2(CC1)CCN(c1ccc(-c3nccn3C)nn1)C2. The zero-order valence-electron chi connectivity index (χ0n) is 13.9. The van der Waals surface area contributed by atoms with E-state index >= 15 is 0 Å². The Labute approximate surface area is 137 Å². The number of nitrogens with zero attached hydrogens (tertiary/aromatic N) is 6. The van der Waals surface area contributed by atoms with Crippen LogP contribution in [-0.2, 0) is 7.05 Å². The van der Waals surface area contributed by atoms with Crippen LogP contribution in [0.1, 0.15) is 19.3 Å². The first-order chi connectivity index (χ1) is 11.2. The predicted molar refractivity (Wildman–Crippen MR) is 90.2 cm³/mol. The van der Waals surface area contributed by atoms with Crippen molar-refractivity contribution >= 4 is 5.82 Å². The van der Waals surface area contributed by atoms with Gasteiger partial charge in [-0.25, -0.2) is 4.98 Å². The summed E-state index contributed by atoms with van der Waals surface area (Å²) in [7, 11) is 4.20. The second kappa shape index (κ2) is 5.60. The number of aromatic nitrogens is 4. The Bertz CT molecular complexity index is 669. The number of piperidine rings is 1. The van der Waals surface area contributed by atoms with Crippen LogP contribution >= 0.6 is 0 Å². The highest BCUT2D eigenvalue weighted by Crippen LogP contribution is 2.41. The average Bonchev–Trinajstić information content (AvgIpc) is 3.18. The fourth-order valence-corrected chi connectivity index (χ4v) is 3.86. The number of hydrogen-bond donors (Lipinski definition) is 0. The van der Waals surface area contributed by atoms with E-state index in [2.05, 4.69) is 38.1 Å². The minimum absolute atomic E-state index is 0.493. The van der Waals surface area contributed by atoms with Crippen LogP contribution in [0.15, 0.2) is 24.5 Å². The van der Waals surface area contributed by atoms with Gasteiger partial charge in [-0.3, -0.25) is 0 Å². The van der Waals surface area contributed by atoms with Crippen molar-refractivity contribution in [3.05, 3.63) is 24.5 Å². The summed E-state index contributed by atoms with van der Waals surface area (Å²) in [5.41, 5.74) is 1.32. The molecule has 23 heavy (non-hydrogen) atoms. The van der Waals surface area contributed by atoms with Crippen molar-refractivity contribution in [1.82, 2.24) is 24.6 Å². The Kier molecular flexibility index (Phi) is 3.56. The van der Waals surface area contributed by atoms with Gasteiger partial charge in [0.05, 0.1) is 0 Å². The predicted octanol–water partition coefficient (Wildman–Crippen LogP) is 1.80. The van der Waals surface area contributed by atoms with Crippen LogP contribution in [0.5, 0.6) is 0 Å². The first-order valence-electron chi connectivity index (χ1n) is 8.40. The van der Waals surface area contributed by atoms with Crippen LogP contribution in [0, 0.1) is 5.41 Å². The van der Waals surface area contributed by atoms with E-state index in [4.69, 9.17) is 0 Å². The third-order valence-electron chi connectivity index (χ3n) is 5.51. The van der Waals surface area contributed by atoms with E-state index in [1.807, 2.05) is 23.9 Å². The maximum absolute atomic E-state index is 4.46. The summed E-state index contributed by atoms with van der Waals surface area (Å²) in [6.07, 6.45) is 7.60. The average molecular weight is 312 g/mol. The van der Waals surface area contributed by atoms with E-state index in [1.54, 1.807) is 6.20 Å². The Balaban J connectivity index is 1.48. The van der Waals surface area contributed by atoms with Crippen LogP contribution in [0.3, 0.4) is 0 Å².